The highest BCUT2D eigenvalue weighted by atomic mass is 16.5. The number of ether oxygens (including phenoxy) is 1. The third-order valence-electron chi connectivity index (χ3n) is 3.91. The van der Waals surface area contributed by atoms with Crippen LogP contribution < -0.4 is 15.8 Å². The topological polar surface area (TPSA) is 64.4 Å². The summed E-state index contributed by atoms with van der Waals surface area (Å²) in [5.74, 6) is 1.44. The van der Waals surface area contributed by atoms with Gasteiger partial charge in [-0.3, -0.25) is 4.79 Å². The molecule has 3 N–H and O–H groups in total. The Morgan fingerprint density at radius 2 is 2.05 bits per heavy atom. The van der Waals surface area contributed by atoms with Crippen LogP contribution >= 0.6 is 0 Å². The van der Waals surface area contributed by atoms with Gasteiger partial charge in [0.25, 0.3) is 0 Å². The summed E-state index contributed by atoms with van der Waals surface area (Å²) in [6, 6.07) is 7.72. The second-order valence-corrected chi connectivity index (χ2v) is 5.42. The fourth-order valence-corrected chi connectivity index (χ4v) is 2.54. The van der Waals surface area contributed by atoms with Crippen molar-refractivity contribution in [3.8, 4) is 5.75 Å². The number of rotatable bonds is 9. The Bertz CT molecular complexity index is 435. The first-order valence-electron chi connectivity index (χ1n) is 7.74. The summed E-state index contributed by atoms with van der Waals surface area (Å²) >= 11 is 0. The number of carbonyl (C=O) groups is 1. The molecule has 0 saturated carbocycles. The molecule has 0 radical (unpaired) electrons. The van der Waals surface area contributed by atoms with E-state index < -0.39 is 0 Å². The summed E-state index contributed by atoms with van der Waals surface area (Å²) in [6.07, 6.45) is 3.52. The Hall–Kier alpha value is -1.55. The van der Waals surface area contributed by atoms with Crippen molar-refractivity contribution in [2.24, 2.45) is 11.7 Å². The predicted octanol–water partition coefficient (Wildman–Crippen LogP) is 3.03. The van der Waals surface area contributed by atoms with Gasteiger partial charge in [0.1, 0.15) is 5.75 Å². The molecular weight excluding hydrogens is 264 g/mol. The number of para-hydroxylation sites is 1. The van der Waals surface area contributed by atoms with E-state index in [1.165, 1.54) is 0 Å². The molecule has 21 heavy (non-hydrogen) atoms. The Kier molecular flexibility index (Phi) is 7.83. The largest absolute Gasteiger partial charge is 0.496 e. The van der Waals surface area contributed by atoms with E-state index in [4.69, 9.17) is 10.5 Å². The normalized spacial score (nSPS) is 13.5. The standard InChI is InChI=1S/C17H28N2O2/c1-4-14(11-12-18)9-10-17(20)19-13(2)15-7-5-6-8-16(15)21-3/h5-8,13-14H,4,9-12,18H2,1-3H3,(H,19,20)/t13-,14?/m1/s1. The van der Waals surface area contributed by atoms with E-state index in [9.17, 15) is 4.79 Å². The quantitative estimate of drug-likeness (QED) is 0.735. The van der Waals surface area contributed by atoms with E-state index in [1.54, 1.807) is 7.11 Å². The van der Waals surface area contributed by atoms with Crippen molar-refractivity contribution in [1.82, 2.24) is 5.32 Å². The minimum atomic E-state index is -0.0526. The maximum Gasteiger partial charge on any atom is 0.220 e. The molecule has 0 aliphatic rings. The van der Waals surface area contributed by atoms with Crippen LogP contribution in [-0.2, 0) is 4.79 Å². The van der Waals surface area contributed by atoms with Crippen LogP contribution in [0.4, 0.5) is 0 Å². The molecule has 0 aromatic heterocycles. The fraction of sp³-hybridized carbons (Fsp3) is 0.588. The number of methoxy groups -OCH3 is 1. The molecule has 0 fully saturated rings. The van der Waals surface area contributed by atoms with Crippen LogP contribution in [0.1, 0.15) is 51.1 Å². The van der Waals surface area contributed by atoms with Crippen LogP contribution in [0.2, 0.25) is 0 Å². The second kappa shape index (κ2) is 9.40. The van der Waals surface area contributed by atoms with Gasteiger partial charge in [0.05, 0.1) is 13.2 Å². The van der Waals surface area contributed by atoms with E-state index in [1.807, 2.05) is 31.2 Å². The summed E-state index contributed by atoms with van der Waals surface area (Å²) in [7, 11) is 1.64. The van der Waals surface area contributed by atoms with Gasteiger partial charge in [-0.2, -0.15) is 0 Å². The molecular formula is C17H28N2O2. The first kappa shape index (κ1) is 17.5. The van der Waals surface area contributed by atoms with Crippen molar-refractivity contribution in [3.63, 3.8) is 0 Å². The Morgan fingerprint density at radius 1 is 1.33 bits per heavy atom. The van der Waals surface area contributed by atoms with E-state index in [2.05, 4.69) is 12.2 Å². The van der Waals surface area contributed by atoms with Crippen molar-refractivity contribution in [1.29, 1.82) is 0 Å². The Balaban J connectivity index is 2.50. The van der Waals surface area contributed by atoms with Gasteiger partial charge in [0.2, 0.25) is 5.91 Å². The second-order valence-electron chi connectivity index (χ2n) is 5.42. The van der Waals surface area contributed by atoms with Crippen LogP contribution in [0.3, 0.4) is 0 Å². The molecule has 1 rings (SSSR count). The smallest absolute Gasteiger partial charge is 0.220 e. The lowest BCUT2D eigenvalue weighted by atomic mass is 9.96. The summed E-state index contributed by atoms with van der Waals surface area (Å²) in [6.45, 7) is 4.82. The number of amides is 1. The van der Waals surface area contributed by atoms with E-state index >= 15 is 0 Å². The molecule has 0 aliphatic heterocycles. The van der Waals surface area contributed by atoms with Gasteiger partial charge < -0.3 is 15.8 Å². The number of hydrogen-bond acceptors (Lipinski definition) is 3. The Morgan fingerprint density at radius 3 is 2.67 bits per heavy atom. The predicted molar refractivity (Wildman–Crippen MR) is 86.2 cm³/mol. The molecule has 1 aromatic rings. The minimum absolute atomic E-state index is 0.0526. The van der Waals surface area contributed by atoms with Crippen LogP contribution in [-0.4, -0.2) is 19.6 Å². The molecule has 4 nitrogen and oxygen atoms in total. The summed E-state index contributed by atoms with van der Waals surface area (Å²) in [5, 5.41) is 3.04. The van der Waals surface area contributed by atoms with Crippen molar-refractivity contribution in [2.75, 3.05) is 13.7 Å². The van der Waals surface area contributed by atoms with Crippen LogP contribution in [0, 0.1) is 5.92 Å². The Labute approximate surface area is 128 Å². The summed E-state index contributed by atoms with van der Waals surface area (Å²) < 4.78 is 5.33. The van der Waals surface area contributed by atoms with E-state index in [0.717, 1.165) is 30.6 Å². The average Bonchev–Trinajstić information content (AvgIpc) is 2.51. The number of nitrogens with one attached hydrogen (secondary N) is 1. The summed E-state index contributed by atoms with van der Waals surface area (Å²) in [5.41, 5.74) is 6.59. The zero-order valence-corrected chi connectivity index (χ0v) is 13.4. The monoisotopic (exact) mass is 292 g/mol. The number of nitrogens with two attached hydrogens (primary N) is 1. The SMILES string of the molecule is CCC(CCN)CCC(=O)N[C@H](C)c1ccccc1OC. The fourth-order valence-electron chi connectivity index (χ4n) is 2.54. The molecule has 0 heterocycles. The number of carbonyl (C=O) groups excluding carboxylic acids is 1. The van der Waals surface area contributed by atoms with Gasteiger partial charge in [-0.15, -0.1) is 0 Å². The maximum atomic E-state index is 12.1. The van der Waals surface area contributed by atoms with Gasteiger partial charge >= 0.3 is 0 Å². The zero-order valence-electron chi connectivity index (χ0n) is 13.4. The van der Waals surface area contributed by atoms with Crippen LogP contribution in [0.25, 0.3) is 0 Å². The van der Waals surface area contributed by atoms with Crippen molar-refractivity contribution < 1.29 is 9.53 Å². The zero-order chi connectivity index (χ0) is 15.7. The first-order chi connectivity index (χ1) is 10.1. The molecule has 0 bridgehead atoms. The van der Waals surface area contributed by atoms with Gasteiger partial charge in [0.15, 0.2) is 0 Å². The molecule has 0 aliphatic carbocycles. The van der Waals surface area contributed by atoms with Gasteiger partial charge in [-0.25, -0.2) is 0 Å². The molecule has 0 spiro atoms. The average molecular weight is 292 g/mol. The highest BCUT2D eigenvalue weighted by Crippen LogP contribution is 2.24. The van der Waals surface area contributed by atoms with Crippen LogP contribution in [0.5, 0.6) is 5.75 Å². The molecule has 1 unspecified atom stereocenters. The van der Waals surface area contributed by atoms with Crippen molar-refractivity contribution in [3.05, 3.63) is 29.8 Å². The molecule has 118 valence electrons. The first-order valence-corrected chi connectivity index (χ1v) is 7.74. The molecule has 1 aromatic carbocycles. The highest BCUT2D eigenvalue weighted by molar-refractivity contribution is 5.76. The van der Waals surface area contributed by atoms with Crippen molar-refractivity contribution in [2.45, 2.75) is 45.6 Å². The van der Waals surface area contributed by atoms with Gasteiger partial charge in [0, 0.05) is 12.0 Å². The number of benzene rings is 1. The van der Waals surface area contributed by atoms with Gasteiger partial charge in [-0.05, 0) is 38.3 Å². The molecule has 1 amide bonds. The molecule has 2 atom stereocenters. The lowest BCUT2D eigenvalue weighted by molar-refractivity contribution is -0.122. The molecule has 4 heteroatoms. The van der Waals surface area contributed by atoms with Gasteiger partial charge in [-0.1, -0.05) is 31.5 Å². The maximum absolute atomic E-state index is 12.1. The third-order valence-corrected chi connectivity index (χ3v) is 3.91. The minimum Gasteiger partial charge on any atom is -0.496 e. The third kappa shape index (κ3) is 5.76. The lowest BCUT2D eigenvalue weighted by Gasteiger charge is -2.18. The lowest BCUT2D eigenvalue weighted by Crippen LogP contribution is -2.27. The number of hydrogen-bond donors (Lipinski definition) is 2. The molecule has 0 saturated heterocycles. The van der Waals surface area contributed by atoms with E-state index in [0.29, 0.717) is 18.9 Å². The highest BCUT2D eigenvalue weighted by Gasteiger charge is 2.14. The summed E-state index contributed by atoms with van der Waals surface area (Å²) in [4.78, 5) is 12.1. The van der Waals surface area contributed by atoms with Crippen molar-refractivity contribution >= 4 is 5.91 Å². The van der Waals surface area contributed by atoms with Crippen LogP contribution in [0.15, 0.2) is 24.3 Å². The van der Waals surface area contributed by atoms with E-state index in [-0.39, 0.29) is 11.9 Å².